The minimum Gasteiger partial charge on any atom is -0.394 e. The van der Waals surface area contributed by atoms with Gasteiger partial charge in [0.05, 0.1) is 18.8 Å². The Labute approximate surface area is 113 Å². The van der Waals surface area contributed by atoms with E-state index in [1.165, 1.54) is 0 Å². The van der Waals surface area contributed by atoms with Gasteiger partial charge in [0, 0.05) is 6.54 Å². The predicted molar refractivity (Wildman–Crippen MR) is 75.8 cm³/mol. The molecule has 3 heteroatoms. The molecule has 0 bridgehead atoms. The molecule has 2 aromatic carbocycles. The Bertz CT molecular complexity index is 433. The maximum absolute atomic E-state index is 9.49. The van der Waals surface area contributed by atoms with Gasteiger partial charge in [0.2, 0.25) is 0 Å². The average molecular weight is 257 g/mol. The molecule has 1 unspecified atom stereocenters. The number of aliphatic hydroxyl groups excluding tert-OH is 2. The third-order valence-electron chi connectivity index (χ3n) is 3.03. The van der Waals surface area contributed by atoms with Crippen molar-refractivity contribution in [2.75, 3.05) is 13.2 Å². The van der Waals surface area contributed by atoms with Crippen LogP contribution < -0.4 is 5.32 Å². The monoisotopic (exact) mass is 257 g/mol. The Morgan fingerprint density at radius 2 is 1.32 bits per heavy atom. The van der Waals surface area contributed by atoms with Crippen molar-refractivity contribution in [3.63, 3.8) is 0 Å². The molecule has 0 aliphatic carbocycles. The summed E-state index contributed by atoms with van der Waals surface area (Å²) in [7, 11) is 0. The van der Waals surface area contributed by atoms with E-state index >= 15 is 0 Å². The zero-order valence-corrected chi connectivity index (χ0v) is 10.7. The molecule has 0 aliphatic rings. The van der Waals surface area contributed by atoms with Crippen LogP contribution in [0.5, 0.6) is 0 Å². The molecule has 0 radical (unpaired) electrons. The van der Waals surface area contributed by atoms with Gasteiger partial charge in [-0.05, 0) is 11.1 Å². The maximum Gasteiger partial charge on any atom is 0.0895 e. The van der Waals surface area contributed by atoms with Crippen molar-refractivity contribution in [3.05, 3.63) is 71.8 Å². The fourth-order valence-electron chi connectivity index (χ4n) is 2.04. The van der Waals surface area contributed by atoms with Gasteiger partial charge in [0.15, 0.2) is 0 Å². The van der Waals surface area contributed by atoms with E-state index in [-0.39, 0.29) is 12.6 Å². The summed E-state index contributed by atoms with van der Waals surface area (Å²) >= 11 is 0. The molecule has 2 aromatic rings. The first-order valence-electron chi connectivity index (χ1n) is 6.43. The topological polar surface area (TPSA) is 52.5 Å². The van der Waals surface area contributed by atoms with Crippen molar-refractivity contribution in [1.82, 2.24) is 5.32 Å². The minimum absolute atomic E-state index is 0.0172. The van der Waals surface area contributed by atoms with E-state index in [1.54, 1.807) is 0 Å². The SMILES string of the molecule is OCC(O)CNC(c1ccccc1)c1ccccc1. The van der Waals surface area contributed by atoms with Crippen LogP contribution in [0.4, 0.5) is 0 Å². The van der Waals surface area contributed by atoms with Crippen molar-refractivity contribution in [3.8, 4) is 0 Å². The lowest BCUT2D eigenvalue weighted by molar-refractivity contribution is 0.0929. The van der Waals surface area contributed by atoms with Gasteiger partial charge < -0.3 is 15.5 Å². The first-order valence-corrected chi connectivity index (χ1v) is 6.43. The van der Waals surface area contributed by atoms with Gasteiger partial charge in [0.1, 0.15) is 0 Å². The molecule has 0 saturated heterocycles. The lowest BCUT2D eigenvalue weighted by Crippen LogP contribution is -2.32. The predicted octanol–water partition coefficient (Wildman–Crippen LogP) is 1.72. The van der Waals surface area contributed by atoms with Crippen LogP contribution in [0.3, 0.4) is 0 Å². The third-order valence-corrected chi connectivity index (χ3v) is 3.03. The second kappa shape index (κ2) is 7.04. The molecule has 0 aliphatic heterocycles. The van der Waals surface area contributed by atoms with E-state index in [1.807, 2.05) is 36.4 Å². The van der Waals surface area contributed by atoms with E-state index in [0.29, 0.717) is 6.54 Å². The molecule has 0 amide bonds. The number of rotatable bonds is 6. The molecule has 19 heavy (non-hydrogen) atoms. The first-order chi connectivity index (χ1) is 9.31. The van der Waals surface area contributed by atoms with Crippen LogP contribution in [0.25, 0.3) is 0 Å². The van der Waals surface area contributed by atoms with Crippen molar-refractivity contribution in [1.29, 1.82) is 0 Å². The van der Waals surface area contributed by atoms with Crippen molar-refractivity contribution >= 4 is 0 Å². The molecular weight excluding hydrogens is 238 g/mol. The zero-order chi connectivity index (χ0) is 13.5. The lowest BCUT2D eigenvalue weighted by Gasteiger charge is -2.21. The summed E-state index contributed by atoms with van der Waals surface area (Å²) < 4.78 is 0. The fourth-order valence-corrected chi connectivity index (χ4v) is 2.04. The lowest BCUT2D eigenvalue weighted by atomic mass is 9.98. The second-order valence-corrected chi connectivity index (χ2v) is 4.50. The van der Waals surface area contributed by atoms with Crippen LogP contribution in [0.2, 0.25) is 0 Å². The van der Waals surface area contributed by atoms with Crippen LogP contribution in [0.15, 0.2) is 60.7 Å². The fraction of sp³-hybridized carbons (Fsp3) is 0.250. The number of nitrogens with one attached hydrogen (secondary N) is 1. The Kier molecular flexibility index (Phi) is 5.10. The highest BCUT2D eigenvalue weighted by molar-refractivity contribution is 5.31. The second-order valence-electron chi connectivity index (χ2n) is 4.50. The van der Waals surface area contributed by atoms with E-state index in [4.69, 9.17) is 5.11 Å². The highest BCUT2D eigenvalue weighted by Gasteiger charge is 2.14. The quantitative estimate of drug-likeness (QED) is 0.738. The van der Waals surface area contributed by atoms with Crippen LogP contribution in [0, 0.1) is 0 Å². The average Bonchev–Trinajstić information content (AvgIpc) is 2.49. The van der Waals surface area contributed by atoms with E-state index in [9.17, 15) is 5.11 Å². The van der Waals surface area contributed by atoms with Crippen molar-refractivity contribution in [2.24, 2.45) is 0 Å². The molecule has 0 fully saturated rings. The molecule has 0 heterocycles. The highest BCUT2D eigenvalue weighted by Crippen LogP contribution is 2.21. The number of hydrogen-bond donors (Lipinski definition) is 3. The summed E-state index contributed by atoms with van der Waals surface area (Å²) in [5.74, 6) is 0. The summed E-state index contributed by atoms with van der Waals surface area (Å²) in [5.41, 5.74) is 2.28. The van der Waals surface area contributed by atoms with Crippen molar-refractivity contribution < 1.29 is 10.2 Å². The first kappa shape index (κ1) is 13.7. The van der Waals surface area contributed by atoms with Gasteiger partial charge in [-0.15, -0.1) is 0 Å². The molecular formula is C16H19NO2. The molecule has 100 valence electrons. The molecule has 3 N–H and O–H groups in total. The third kappa shape index (κ3) is 3.89. The van der Waals surface area contributed by atoms with E-state index < -0.39 is 6.10 Å². The van der Waals surface area contributed by atoms with E-state index in [2.05, 4.69) is 29.6 Å². The molecule has 1 atom stereocenters. The van der Waals surface area contributed by atoms with E-state index in [0.717, 1.165) is 11.1 Å². The number of hydrogen-bond acceptors (Lipinski definition) is 3. The molecule has 2 rings (SSSR count). The summed E-state index contributed by atoms with van der Waals surface area (Å²) in [4.78, 5) is 0. The van der Waals surface area contributed by atoms with Gasteiger partial charge >= 0.3 is 0 Å². The van der Waals surface area contributed by atoms with Gasteiger partial charge in [-0.3, -0.25) is 0 Å². The maximum atomic E-state index is 9.49. The highest BCUT2D eigenvalue weighted by atomic mass is 16.3. The van der Waals surface area contributed by atoms with Crippen LogP contribution >= 0.6 is 0 Å². The number of aliphatic hydroxyl groups is 2. The van der Waals surface area contributed by atoms with Crippen LogP contribution in [-0.2, 0) is 0 Å². The Balaban J connectivity index is 2.19. The Morgan fingerprint density at radius 1 is 0.842 bits per heavy atom. The molecule has 3 nitrogen and oxygen atoms in total. The van der Waals surface area contributed by atoms with Crippen LogP contribution in [0.1, 0.15) is 17.2 Å². The van der Waals surface area contributed by atoms with Gasteiger partial charge in [-0.1, -0.05) is 60.7 Å². The number of benzene rings is 2. The Morgan fingerprint density at radius 3 is 1.74 bits per heavy atom. The zero-order valence-electron chi connectivity index (χ0n) is 10.7. The van der Waals surface area contributed by atoms with Gasteiger partial charge in [-0.25, -0.2) is 0 Å². The molecule has 0 spiro atoms. The summed E-state index contributed by atoms with van der Waals surface area (Å²) in [5, 5.41) is 21.7. The molecule has 0 saturated carbocycles. The smallest absolute Gasteiger partial charge is 0.0895 e. The summed E-state index contributed by atoms with van der Waals surface area (Å²) in [6.07, 6.45) is -0.741. The molecule has 0 aromatic heterocycles. The van der Waals surface area contributed by atoms with Gasteiger partial charge in [0.25, 0.3) is 0 Å². The normalized spacial score (nSPS) is 12.6. The summed E-state index contributed by atoms with van der Waals surface area (Å²) in [6, 6.07) is 20.2. The van der Waals surface area contributed by atoms with Crippen LogP contribution in [-0.4, -0.2) is 29.5 Å². The minimum atomic E-state index is -0.741. The van der Waals surface area contributed by atoms with Crippen molar-refractivity contribution in [2.45, 2.75) is 12.1 Å². The van der Waals surface area contributed by atoms with Gasteiger partial charge in [-0.2, -0.15) is 0 Å². The largest absolute Gasteiger partial charge is 0.394 e. The standard InChI is InChI=1S/C16H19NO2/c18-12-15(19)11-17-16(13-7-3-1-4-8-13)14-9-5-2-6-10-14/h1-10,15-19H,11-12H2. The Hall–Kier alpha value is -1.68. The summed E-state index contributed by atoms with van der Waals surface area (Å²) in [6.45, 7) is 0.119.